The van der Waals surface area contributed by atoms with Crippen LogP contribution in [-0.4, -0.2) is 15.0 Å². The second kappa shape index (κ2) is 5.71. The van der Waals surface area contributed by atoms with Crippen molar-refractivity contribution in [1.82, 2.24) is 4.72 Å². The summed E-state index contributed by atoms with van der Waals surface area (Å²) in [6.07, 6.45) is 0.488. The maximum Gasteiger partial charge on any atom is 0.242 e. The summed E-state index contributed by atoms with van der Waals surface area (Å²) in [5, 5.41) is 0. The number of nitrogen functional groups attached to an aromatic ring is 1. The maximum absolute atomic E-state index is 11.9. The number of hydrogen-bond donors (Lipinski definition) is 2. The Hall–Kier alpha value is -1.51. The summed E-state index contributed by atoms with van der Waals surface area (Å²) in [4.78, 5) is 0.118. The van der Waals surface area contributed by atoms with Crippen molar-refractivity contribution in [3.8, 4) is 11.8 Å². The molecule has 0 saturated carbocycles. The minimum atomic E-state index is -3.53. The van der Waals surface area contributed by atoms with E-state index >= 15 is 0 Å². The molecule has 1 aromatic carbocycles. The Morgan fingerprint density at radius 1 is 1.41 bits per heavy atom. The minimum Gasteiger partial charge on any atom is -0.398 e. The van der Waals surface area contributed by atoms with E-state index < -0.39 is 10.0 Å². The van der Waals surface area contributed by atoms with Crippen molar-refractivity contribution in [3.05, 3.63) is 23.8 Å². The fourth-order valence-corrected chi connectivity index (χ4v) is 2.51. The Kier molecular flexibility index (Phi) is 4.55. The van der Waals surface area contributed by atoms with Crippen LogP contribution in [0.1, 0.15) is 18.9 Å². The number of nitrogens with two attached hydrogens (primary N) is 1. The van der Waals surface area contributed by atoms with Gasteiger partial charge in [0, 0.05) is 13.0 Å². The Morgan fingerprint density at radius 3 is 2.71 bits per heavy atom. The largest absolute Gasteiger partial charge is 0.398 e. The van der Waals surface area contributed by atoms with E-state index in [0.29, 0.717) is 6.42 Å². The highest BCUT2D eigenvalue weighted by atomic mass is 32.2. The molecular weight excluding hydrogens is 236 g/mol. The summed E-state index contributed by atoms with van der Waals surface area (Å²) >= 11 is 0. The highest BCUT2D eigenvalue weighted by Crippen LogP contribution is 2.18. The van der Waals surface area contributed by atoms with Gasteiger partial charge in [-0.1, -0.05) is 6.07 Å². The third-order valence-corrected chi connectivity index (χ3v) is 3.71. The molecular formula is C12H16N2O2S. The van der Waals surface area contributed by atoms with Crippen molar-refractivity contribution in [2.24, 2.45) is 0 Å². The molecule has 17 heavy (non-hydrogen) atoms. The highest BCUT2D eigenvalue weighted by molar-refractivity contribution is 7.89. The van der Waals surface area contributed by atoms with Crippen molar-refractivity contribution >= 4 is 15.7 Å². The van der Waals surface area contributed by atoms with E-state index in [1.54, 1.807) is 19.1 Å². The molecule has 0 aliphatic heterocycles. The second-order valence-electron chi connectivity index (χ2n) is 3.62. The monoisotopic (exact) mass is 252 g/mol. The Bertz CT molecular complexity index is 554. The lowest BCUT2D eigenvalue weighted by atomic mass is 10.2. The van der Waals surface area contributed by atoms with Crippen molar-refractivity contribution in [2.45, 2.75) is 25.2 Å². The number of aryl methyl sites for hydroxylation is 1. The van der Waals surface area contributed by atoms with Gasteiger partial charge < -0.3 is 5.73 Å². The topological polar surface area (TPSA) is 72.2 Å². The lowest BCUT2D eigenvalue weighted by Crippen LogP contribution is -2.25. The Balaban J connectivity index is 2.85. The van der Waals surface area contributed by atoms with Gasteiger partial charge in [0.2, 0.25) is 10.0 Å². The molecule has 0 aliphatic carbocycles. The van der Waals surface area contributed by atoms with Crippen LogP contribution in [0.5, 0.6) is 0 Å². The van der Waals surface area contributed by atoms with Crippen LogP contribution in [0.25, 0.3) is 0 Å². The third-order valence-electron chi connectivity index (χ3n) is 2.17. The zero-order valence-corrected chi connectivity index (χ0v) is 10.8. The standard InChI is InChI=1S/C12H16N2O2S/c1-3-4-5-8-14-17(15,16)12-7-6-10(2)9-11(12)13/h6-7,9,14H,5,8,13H2,1-2H3. The minimum absolute atomic E-state index is 0.118. The molecule has 0 radical (unpaired) electrons. The zero-order chi connectivity index (χ0) is 12.9. The molecule has 1 aromatic rings. The molecule has 4 nitrogen and oxygen atoms in total. The van der Waals surface area contributed by atoms with E-state index in [-0.39, 0.29) is 17.1 Å². The molecule has 0 aliphatic rings. The summed E-state index contributed by atoms with van der Waals surface area (Å²) in [5.41, 5.74) is 6.88. The molecule has 0 fully saturated rings. The van der Waals surface area contributed by atoms with Gasteiger partial charge >= 0.3 is 0 Å². The lowest BCUT2D eigenvalue weighted by Gasteiger charge is -2.08. The summed E-state index contributed by atoms with van der Waals surface area (Å²) in [6, 6.07) is 4.87. The first-order chi connectivity index (χ1) is 7.97. The molecule has 0 saturated heterocycles. The van der Waals surface area contributed by atoms with Crippen LogP contribution in [-0.2, 0) is 10.0 Å². The smallest absolute Gasteiger partial charge is 0.242 e. The van der Waals surface area contributed by atoms with Gasteiger partial charge in [-0.3, -0.25) is 0 Å². The van der Waals surface area contributed by atoms with E-state index in [1.165, 1.54) is 6.07 Å². The normalized spacial score (nSPS) is 10.7. The molecule has 1 rings (SSSR count). The lowest BCUT2D eigenvalue weighted by molar-refractivity contribution is 0.583. The molecule has 0 aromatic heterocycles. The maximum atomic E-state index is 11.9. The average Bonchev–Trinajstić information content (AvgIpc) is 2.24. The number of benzene rings is 1. The van der Waals surface area contributed by atoms with Gasteiger partial charge in [-0.25, -0.2) is 13.1 Å². The molecule has 3 N–H and O–H groups in total. The molecule has 5 heteroatoms. The fraction of sp³-hybridized carbons (Fsp3) is 0.333. The van der Waals surface area contributed by atoms with Gasteiger partial charge in [0.25, 0.3) is 0 Å². The van der Waals surface area contributed by atoms with E-state index in [2.05, 4.69) is 16.6 Å². The second-order valence-corrected chi connectivity index (χ2v) is 5.35. The number of rotatable bonds is 4. The van der Waals surface area contributed by atoms with Gasteiger partial charge in [-0.15, -0.1) is 11.8 Å². The van der Waals surface area contributed by atoms with Crippen molar-refractivity contribution in [1.29, 1.82) is 0 Å². The average molecular weight is 252 g/mol. The van der Waals surface area contributed by atoms with Crippen LogP contribution < -0.4 is 10.5 Å². The third kappa shape index (κ3) is 3.77. The SMILES string of the molecule is CC#CCCNS(=O)(=O)c1ccc(C)cc1N. The highest BCUT2D eigenvalue weighted by Gasteiger charge is 2.16. The fourth-order valence-electron chi connectivity index (χ4n) is 1.36. The first kappa shape index (κ1) is 13.6. The zero-order valence-electron chi connectivity index (χ0n) is 9.95. The van der Waals surface area contributed by atoms with Crippen molar-refractivity contribution in [3.63, 3.8) is 0 Å². The van der Waals surface area contributed by atoms with Crippen molar-refractivity contribution in [2.75, 3.05) is 12.3 Å². The van der Waals surface area contributed by atoms with Gasteiger partial charge in [0.1, 0.15) is 4.90 Å². The first-order valence-corrected chi connectivity index (χ1v) is 6.71. The summed E-state index contributed by atoms with van der Waals surface area (Å²) in [5.74, 6) is 5.49. The number of anilines is 1. The molecule has 0 spiro atoms. The first-order valence-electron chi connectivity index (χ1n) is 5.23. The number of hydrogen-bond acceptors (Lipinski definition) is 3. The van der Waals surface area contributed by atoms with Crippen LogP contribution in [0.2, 0.25) is 0 Å². The van der Waals surface area contributed by atoms with E-state index in [4.69, 9.17) is 5.73 Å². The summed E-state index contributed by atoms with van der Waals surface area (Å²) in [6.45, 7) is 3.86. The van der Waals surface area contributed by atoms with Gasteiger partial charge in [0.05, 0.1) is 5.69 Å². The molecule has 0 heterocycles. The van der Waals surface area contributed by atoms with Gasteiger partial charge in [-0.05, 0) is 31.5 Å². The van der Waals surface area contributed by atoms with E-state index in [9.17, 15) is 8.42 Å². The quantitative estimate of drug-likeness (QED) is 0.481. The molecule has 0 unspecified atom stereocenters. The van der Waals surface area contributed by atoms with E-state index in [1.807, 2.05) is 6.92 Å². The Morgan fingerprint density at radius 2 is 2.12 bits per heavy atom. The van der Waals surface area contributed by atoms with Crippen LogP contribution in [0, 0.1) is 18.8 Å². The molecule has 0 bridgehead atoms. The van der Waals surface area contributed by atoms with E-state index in [0.717, 1.165) is 5.56 Å². The number of sulfonamides is 1. The van der Waals surface area contributed by atoms with Crippen LogP contribution in [0.3, 0.4) is 0 Å². The van der Waals surface area contributed by atoms with Crippen molar-refractivity contribution < 1.29 is 8.42 Å². The van der Waals surface area contributed by atoms with Gasteiger partial charge in [-0.2, -0.15) is 0 Å². The summed E-state index contributed by atoms with van der Waals surface area (Å²) in [7, 11) is -3.53. The van der Waals surface area contributed by atoms with Gasteiger partial charge in [0.15, 0.2) is 0 Å². The van der Waals surface area contributed by atoms with Crippen LogP contribution >= 0.6 is 0 Å². The summed E-state index contributed by atoms with van der Waals surface area (Å²) < 4.78 is 26.2. The number of nitrogens with one attached hydrogen (secondary N) is 1. The molecule has 0 atom stereocenters. The molecule has 92 valence electrons. The van der Waals surface area contributed by atoms with Crippen LogP contribution in [0.4, 0.5) is 5.69 Å². The predicted octanol–water partition coefficient (Wildman–Crippen LogP) is 1.27. The van der Waals surface area contributed by atoms with Crippen LogP contribution in [0.15, 0.2) is 23.1 Å². The predicted molar refractivity (Wildman–Crippen MR) is 68.8 cm³/mol. The molecule has 0 amide bonds. The Labute approximate surface area is 102 Å².